The van der Waals surface area contributed by atoms with Crippen LogP contribution in [0.5, 0.6) is 0 Å². The molecular weight excluding hydrogens is 396 g/mol. The molecule has 0 saturated heterocycles. The molecule has 0 radical (unpaired) electrons. The van der Waals surface area contributed by atoms with Gasteiger partial charge in [0.1, 0.15) is 17.5 Å². The smallest absolute Gasteiger partial charge is 0.311 e. The first-order valence-corrected chi connectivity index (χ1v) is 9.93. The van der Waals surface area contributed by atoms with Gasteiger partial charge < -0.3 is 4.57 Å². The van der Waals surface area contributed by atoms with Crippen molar-refractivity contribution in [1.29, 1.82) is 0 Å². The molecule has 2 aromatic carbocycles. The Balaban J connectivity index is 1.56. The van der Waals surface area contributed by atoms with Crippen molar-refractivity contribution in [2.45, 2.75) is 24.9 Å². The Kier molecular flexibility index (Phi) is 4.55. The number of fused-ring (bicyclic) bond motifs is 3. The monoisotopic (exact) mass is 414 g/mol. The SMILES string of the molecule is Cc1ccc(Cn2c3ncnc4c(ncn4Cc4ccc(S)cc4)c-3nc2=O)cc1. The van der Waals surface area contributed by atoms with Crippen LogP contribution in [-0.2, 0) is 13.1 Å². The average Bonchev–Trinajstić information content (AvgIpc) is 3.21. The minimum absolute atomic E-state index is 0.343. The molecule has 148 valence electrons. The number of hydrogen-bond acceptors (Lipinski definition) is 6. The summed E-state index contributed by atoms with van der Waals surface area (Å²) >= 11 is 4.33. The highest BCUT2D eigenvalue weighted by Gasteiger charge is 2.21. The third-order valence-electron chi connectivity index (χ3n) is 5.05. The molecule has 0 spiro atoms. The molecule has 30 heavy (non-hydrogen) atoms. The minimum Gasteiger partial charge on any atom is -0.311 e. The van der Waals surface area contributed by atoms with Gasteiger partial charge in [-0.15, -0.1) is 12.6 Å². The van der Waals surface area contributed by atoms with Crippen LogP contribution < -0.4 is 5.69 Å². The molecule has 2 aliphatic rings. The maximum absolute atomic E-state index is 12.6. The second-order valence-electron chi connectivity index (χ2n) is 7.22. The predicted octanol–water partition coefficient (Wildman–Crippen LogP) is 3.18. The van der Waals surface area contributed by atoms with Crippen molar-refractivity contribution >= 4 is 23.8 Å². The van der Waals surface area contributed by atoms with Crippen LogP contribution in [0.1, 0.15) is 16.7 Å². The molecule has 0 amide bonds. The normalized spacial score (nSPS) is 11.4. The maximum atomic E-state index is 12.6. The van der Waals surface area contributed by atoms with Gasteiger partial charge in [0.05, 0.1) is 19.4 Å². The van der Waals surface area contributed by atoms with Crippen molar-refractivity contribution in [2.24, 2.45) is 0 Å². The summed E-state index contributed by atoms with van der Waals surface area (Å²) in [6, 6.07) is 16.0. The van der Waals surface area contributed by atoms with E-state index in [1.807, 2.05) is 60.0 Å². The zero-order valence-corrected chi connectivity index (χ0v) is 17.1. The van der Waals surface area contributed by atoms with E-state index in [1.165, 1.54) is 11.9 Å². The van der Waals surface area contributed by atoms with Crippen LogP contribution in [0.15, 0.2) is 70.9 Å². The van der Waals surface area contributed by atoms with Crippen LogP contribution in [0.3, 0.4) is 0 Å². The number of rotatable bonds is 4. The van der Waals surface area contributed by atoms with E-state index >= 15 is 0 Å². The second kappa shape index (κ2) is 7.38. The van der Waals surface area contributed by atoms with E-state index in [0.717, 1.165) is 16.0 Å². The standard InChI is InChI=1S/C22H18N6OS/c1-14-2-4-16(5-3-14)11-28-21-19(26-22(28)29)18-20(23-12-24-21)27(13-25-18)10-15-6-8-17(30)9-7-15/h2-9,12-13,30H,10-11H2,1H3. The maximum Gasteiger partial charge on any atom is 0.350 e. The van der Waals surface area contributed by atoms with E-state index in [2.05, 4.69) is 32.6 Å². The fraction of sp³-hybridized carbons (Fsp3) is 0.136. The molecule has 0 atom stereocenters. The van der Waals surface area contributed by atoms with Gasteiger partial charge in [-0.2, -0.15) is 4.98 Å². The van der Waals surface area contributed by atoms with Gasteiger partial charge >= 0.3 is 5.69 Å². The third-order valence-corrected chi connectivity index (χ3v) is 5.35. The van der Waals surface area contributed by atoms with E-state index in [4.69, 9.17) is 0 Å². The largest absolute Gasteiger partial charge is 0.350 e. The zero-order chi connectivity index (χ0) is 20.7. The Morgan fingerprint density at radius 2 is 1.60 bits per heavy atom. The second-order valence-corrected chi connectivity index (χ2v) is 7.74. The van der Waals surface area contributed by atoms with Crippen LogP contribution in [0.4, 0.5) is 0 Å². The Morgan fingerprint density at radius 1 is 0.900 bits per heavy atom. The fourth-order valence-corrected chi connectivity index (χ4v) is 3.61. The van der Waals surface area contributed by atoms with Crippen molar-refractivity contribution in [2.75, 3.05) is 0 Å². The number of imidazole rings is 2. The Labute approximate surface area is 177 Å². The molecule has 7 nitrogen and oxygen atoms in total. The van der Waals surface area contributed by atoms with Gasteiger partial charge in [0.2, 0.25) is 0 Å². The fourth-order valence-electron chi connectivity index (χ4n) is 3.46. The molecule has 3 heterocycles. The molecule has 0 saturated carbocycles. The van der Waals surface area contributed by atoms with E-state index in [0.29, 0.717) is 35.8 Å². The molecule has 0 N–H and O–H groups in total. The number of hydrogen-bond donors (Lipinski definition) is 1. The first-order chi connectivity index (χ1) is 14.6. The summed E-state index contributed by atoms with van der Waals surface area (Å²) < 4.78 is 3.49. The predicted molar refractivity (Wildman–Crippen MR) is 117 cm³/mol. The number of thiol groups is 1. The van der Waals surface area contributed by atoms with Gasteiger partial charge in [0.25, 0.3) is 0 Å². The van der Waals surface area contributed by atoms with Gasteiger partial charge in [-0.25, -0.2) is 19.7 Å². The third kappa shape index (κ3) is 3.35. The van der Waals surface area contributed by atoms with Gasteiger partial charge in [-0.1, -0.05) is 42.0 Å². The van der Waals surface area contributed by atoms with Crippen LogP contribution in [0, 0.1) is 6.92 Å². The number of nitrogens with zero attached hydrogens (tertiary/aromatic N) is 6. The van der Waals surface area contributed by atoms with E-state index < -0.39 is 0 Å². The lowest BCUT2D eigenvalue weighted by Gasteiger charge is -2.04. The summed E-state index contributed by atoms with van der Waals surface area (Å²) in [4.78, 5) is 31.2. The quantitative estimate of drug-likeness (QED) is 0.457. The topological polar surface area (TPSA) is 78.5 Å². The highest BCUT2D eigenvalue weighted by molar-refractivity contribution is 7.80. The van der Waals surface area contributed by atoms with Gasteiger partial charge in [-0.05, 0) is 30.2 Å². The summed E-state index contributed by atoms with van der Waals surface area (Å²) in [6.45, 7) is 3.02. The highest BCUT2D eigenvalue weighted by Crippen LogP contribution is 2.23. The van der Waals surface area contributed by atoms with Crippen LogP contribution >= 0.6 is 12.6 Å². The van der Waals surface area contributed by atoms with E-state index in [1.54, 1.807) is 10.9 Å². The summed E-state index contributed by atoms with van der Waals surface area (Å²) in [5, 5.41) is 0. The number of benzene rings is 2. The Morgan fingerprint density at radius 3 is 2.37 bits per heavy atom. The zero-order valence-electron chi connectivity index (χ0n) is 16.2. The molecule has 5 rings (SSSR count). The summed E-state index contributed by atoms with van der Waals surface area (Å²) in [6.07, 6.45) is 3.18. The summed E-state index contributed by atoms with van der Waals surface area (Å²) in [5.41, 5.74) is 4.59. The minimum atomic E-state index is -0.343. The van der Waals surface area contributed by atoms with Crippen molar-refractivity contribution in [3.63, 3.8) is 0 Å². The Hall–Kier alpha value is -3.52. The average molecular weight is 414 g/mol. The Bertz CT molecular complexity index is 1370. The van der Waals surface area contributed by atoms with Gasteiger partial charge in [-0.3, -0.25) is 4.57 Å². The van der Waals surface area contributed by atoms with Crippen LogP contribution in [0.25, 0.3) is 22.7 Å². The molecule has 2 aliphatic heterocycles. The molecule has 0 aliphatic carbocycles. The van der Waals surface area contributed by atoms with E-state index in [9.17, 15) is 4.79 Å². The molecule has 3 aromatic rings. The van der Waals surface area contributed by atoms with Crippen molar-refractivity contribution in [3.05, 3.63) is 88.4 Å². The summed E-state index contributed by atoms with van der Waals surface area (Å²) in [7, 11) is 0. The molecule has 8 heteroatoms. The molecule has 1 aromatic heterocycles. The first-order valence-electron chi connectivity index (χ1n) is 9.48. The van der Waals surface area contributed by atoms with Crippen LogP contribution in [0.2, 0.25) is 0 Å². The molecule has 0 fully saturated rings. The highest BCUT2D eigenvalue weighted by atomic mass is 32.1. The van der Waals surface area contributed by atoms with Gasteiger partial charge in [0.15, 0.2) is 11.5 Å². The van der Waals surface area contributed by atoms with Crippen molar-refractivity contribution in [3.8, 4) is 11.5 Å². The lowest BCUT2D eigenvalue weighted by atomic mass is 10.1. The summed E-state index contributed by atoms with van der Waals surface area (Å²) in [5.74, 6) is 0.479. The molecule has 0 bridgehead atoms. The molecular formula is C22H18N6OS. The lowest BCUT2D eigenvalue weighted by Crippen LogP contribution is -2.17. The van der Waals surface area contributed by atoms with E-state index in [-0.39, 0.29) is 5.69 Å². The lowest BCUT2D eigenvalue weighted by molar-refractivity contribution is 0.758. The number of aromatic nitrogens is 6. The number of aryl methyl sites for hydroxylation is 1. The van der Waals surface area contributed by atoms with Crippen LogP contribution in [-0.4, -0.2) is 29.1 Å². The van der Waals surface area contributed by atoms with Gasteiger partial charge in [0, 0.05) is 4.90 Å². The molecule has 0 unspecified atom stereocenters. The van der Waals surface area contributed by atoms with Crippen molar-refractivity contribution in [1.82, 2.24) is 29.1 Å². The van der Waals surface area contributed by atoms with Crippen molar-refractivity contribution < 1.29 is 0 Å². The first kappa shape index (κ1) is 18.5.